The maximum Gasteiger partial charge on any atom is 0.285 e. The largest absolute Gasteiger partial charge is 0.337 e. The van der Waals surface area contributed by atoms with Gasteiger partial charge in [0.15, 0.2) is 0 Å². The molecule has 0 atom stereocenters. The van der Waals surface area contributed by atoms with Gasteiger partial charge in [-0.25, -0.2) is 0 Å². The third kappa shape index (κ3) is 5.00. The molecule has 2 aromatic rings. The standard InChI is InChI=1S/C18H21N3O4/c1-3-10-19(11-15-6-4-14(2)5-7-15)18(23)13-20-12-16(21(24)25)8-9-17(20)22/h4-9,12H,3,10-11,13H2,1-2H3. The molecule has 1 aromatic heterocycles. The molecule has 0 bridgehead atoms. The highest BCUT2D eigenvalue weighted by atomic mass is 16.6. The molecular weight excluding hydrogens is 322 g/mol. The first kappa shape index (κ1) is 18.4. The summed E-state index contributed by atoms with van der Waals surface area (Å²) in [5.41, 5.74) is 1.48. The molecule has 0 aliphatic carbocycles. The van der Waals surface area contributed by atoms with E-state index < -0.39 is 10.5 Å². The molecule has 1 aromatic carbocycles. The lowest BCUT2D eigenvalue weighted by Crippen LogP contribution is -2.36. The first-order valence-corrected chi connectivity index (χ1v) is 8.09. The van der Waals surface area contributed by atoms with Crippen molar-refractivity contribution in [3.8, 4) is 0 Å². The molecule has 0 aliphatic heterocycles. The van der Waals surface area contributed by atoms with Crippen molar-refractivity contribution in [1.29, 1.82) is 0 Å². The Morgan fingerprint density at radius 1 is 1.20 bits per heavy atom. The molecule has 0 spiro atoms. The first-order valence-electron chi connectivity index (χ1n) is 8.09. The van der Waals surface area contributed by atoms with Gasteiger partial charge in [-0.1, -0.05) is 36.8 Å². The number of pyridine rings is 1. The summed E-state index contributed by atoms with van der Waals surface area (Å²) in [5, 5.41) is 10.9. The van der Waals surface area contributed by atoms with Gasteiger partial charge in [0.25, 0.3) is 11.2 Å². The predicted octanol–water partition coefficient (Wildman–Crippen LogP) is 2.50. The number of nitro groups is 1. The number of benzene rings is 1. The van der Waals surface area contributed by atoms with E-state index >= 15 is 0 Å². The molecule has 0 aliphatic rings. The lowest BCUT2D eigenvalue weighted by atomic mass is 10.1. The van der Waals surface area contributed by atoms with Crippen LogP contribution in [0.15, 0.2) is 47.4 Å². The fourth-order valence-electron chi connectivity index (χ4n) is 2.47. The van der Waals surface area contributed by atoms with Crippen LogP contribution in [0, 0.1) is 17.0 Å². The van der Waals surface area contributed by atoms with Crippen LogP contribution in [0.1, 0.15) is 24.5 Å². The zero-order valence-corrected chi connectivity index (χ0v) is 14.3. The number of rotatable bonds is 7. The second kappa shape index (κ2) is 8.23. The van der Waals surface area contributed by atoms with Crippen LogP contribution in [0.4, 0.5) is 5.69 Å². The van der Waals surface area contributed by atoms with E-state index in [0.717, 1.165) is 40.4 Å². The minimum absolute atomic E-state index is 0.215. The van der Waals surface area contributed by atoms with Crippen molar-refractivity contribution in [3.05, 3.63) is 74.2 Å². The quantitative estimate of drug-likeness (QED) is 0.571. The molecule has 1 heterocycles. The summed E-state index contributed by atoms with van der Waals surface area (Å²) in [5.74, 6) is -0.245. The van der Waals surface area contributed by atoms with E-state index in [9.17, 15) is 19.7 Å². The van der Waals surface area contributed by atoms with Gasteiger partial charge in [0.1, 0.15) is 6.54 Å². The van der Waals surface area contributed by atoms with E-state index in [0.29, 0.717) is 13.1 Å². The number of nitrogens with zero attached hydrogens (tertiary/aromatic N) is 3. The van der Waals surface area contributed by atoms with E-state index in [2.05, 4.69) is 0 Å². The molecule has 0 radical (unpaired) electrons. The molecule has 0 unspecified atom stereocenters. The summed E-state index contributed by atoms with van der Waals surface area (Å²) in [7, 11) is 0. The zero-order chi connectivity index (χ0) is 18.4. The van der Waals surface area contributed by atoms with Gasteiger partial charge >= 0.3 is 0 Å². The lowest BCUT2D eigenvalue weighted by Gasteiger charge is -2.22. The van der Waals surface area contributed by atoms with Crippen molar-refractivity contribution in [1.82, 2.24) is 9.47 Å². The van der Waals surface area contributed by atoms with Crippen LogP contribution in [0.5, 0.6) is 0 Å². The molecule has 1 amide bonds. The third-order valence-corrected chi connectivity index (χ3v) is 3.82. The Morgan fingerprint density at radius 3 is 2.48 bits per heavy atom. The van der Waals surface area contributed by atoms with Gasteiger partial charge in [0, 0.05) is 25.2 Å². The van der Waals surface area contributed by atoms with E-state index in [4.69, 9.17) is 0 Å². The Kier molecular flexibility index (Phi) is 6.05. The zero-order valence-electron chi connectivity index (χ0n) is 14.3. The molecule has 0 saturated carbocycles. The Balaban J connectivity index is 2.17. The maximum absolute atomic E-state index is 12.6. The fourth-order valence-corrected chi connectivity index (χ4v) is 2.47. The van der Waals surface area contributed by atoms with Gasteiger partial charge in [0.2, 0.25) is 5.91 Å². The van der Waals surface area contributed by atoms with E-state index in [-0.39, 0.29) is 18.1 Å². The van der Waals surface area contributed by atoms with Gasteiger partial charge in [-0.15, -0.1) is 0 Å². The van der Waals surface area contributed by atoms with Crippen LogP contribution >= 0.6 is 0 Å². The first-order chi connectivity index (χ1) is 11.9. The highest BCUT2D eigenvalue weighted by Gasteiger charge is 2.16. The smallest absolute Gasteiger partial charge is 0.285 e. The summed E-state index contributed by atoms with van der Waals surface area (Å²) >= 11 is 0. The van der Waals surface area contributed by atoms with Crippen LogP contribution < -0.4 is 5.56 Å². The molecule has 7 nitrogen and oxygen atoms in total. The number of aryl methyl sites for hydroxylation is 1. The SMILES string of the molecule is CCCN(Cc1ccc(C)cc1)C(=O)Cn1cc([N+](=O)[O-])ccc1=O. The van der Waals surface area contributed by atoms with Crippen LogP contribution in [-0.4, -0.2) is 26.8 Å². The van der Waals surface area contributed by atoms with Crippen molar-refractivity contribution >= 4 is 11.6 Å². The normalized spacial score (nSPS) is 10.5. The van der Waals surface area contributed by atoms with Gasteiger partial charge in [-0.05, 0) is 18.9 Å². The Morgan fingerprint density at radius 2 is 1.88 bits per heavy atom. The average Bonchev–Trinajstić information content (AvgIpc) is 2.58. The summed E-state index contributed by atoms with van der Waals surface area (Å²) in [6.45, 7) is 4.74. The summed E-state index contributed by atoms with van der Waals surface area (Å²) in [4.78, 5) is 36.4. The van der Waals surface area contributed by atoms with Crippen molar-refractivity contribution in [2.24, 2.45) is 0 Å². The summed E-state index contributed by atoms with van der Waals surface area (Å²) < 4.78 is 1.08. The van der Waals surface area contributed by atoms with Gasteiger partial charge in [-0.2, -0.15) is 0 Å². The highest BCUT2D eigenvalue weighted by molar-refractivity contribution is 5.76. The van der Waals surface area contributed by atoms with Gasteiger partial charge in [0.05, 0.1) is 11.1 Å². The lowest BCUT2D eigenvalue weighted by molar-refractivity contribution is -0.385. The van der Waals surface area contributed by atoms with Gasteiger partial charge in [-0.3, -0.25) is 24.3 Å². The summed E-state index contributed by atoms with van der Waals surface area (Å²) in [6.07, 6.45) is 1.89. The molecule has 7 heteroatoms. The van der Waals surface area contributed by atoms with Crippen molar-refractivity contribution in [2.45, 2.75) is 33.4 Å². The van der Waals surface area contributed by atoms with E-state index in [1.807, 2.05) is 38.1 Å². The van der Waals surface area contributed by atoms with Crippen molar-refractivity contribution in [2.75, 3.05) is 6.54 Å². The molecule has 132 valence electrons. The number of amides is 1. The maximum atomic E-state index is 12.6. The number of hydrogen-bond acceptors (Lipinski definition) is 4. The van der Waals surface area contributed by atoms with Crippen LogP contribution in [-0.2, 0) is 17.9 Å². The highest BCUT2D eigenvalue weighted by Crippen LogP contribution is 2.10. The predicted molar refractivity (Wildman–Crippen MR) is 94.2 cm³/mol. The van der Waals surface area contributed by atoms with Crippen LogP contribution in [0.25, 0.3) is 0 Å². The van der Waals surface area contributed by atoms with E-state index in [1.54, 1.807) is 4.90 Å². The second-order valence-electron chi connectivity index (χ2n) is 5.91. The van der Waals surface area contributed by atoms with Crippen LogP contribution in [0.2, 0.25) is 0 Å². The van der Waals surface area contributed by atoms with Crippen molar-refractivity contribution in [3.63, 3.8) is 0 Å². The fraction of sp³-hybridized carbons (Fsp3) is 0.333. The number of carbonyl (C=O) groups is 1. The number of aromatic nitrogens is 1. The average molecular weight is 343 g/mol. The molecule has 2 rings (SSSR count). The van der Waals surface area contributed by atoms with Crippen molar-refractivity contribution < 1.29 is 9.72 Å². The number of hydrogen-bond donors (Lipinski definition) is 0. The van der Waals surface area contributed by atoms with Gasteiger partial charge < -0.3 is 4.90 Å². The minimum Gasteiger partial charge on any atom is -0.337 e. The molecular formula is C18H21N3O4. The Bertz CT molecular complexity index is 812. The number of carbonyl (C=O) groups excluding carboxylic acids is 1. The summed E-state index contributed by atoms with van der Waals surface area (Å²) in [6, 6.07) is 10.1. The second-order valence-corrected chi connectivity index (χ2v) is 5.91. The van der Waals surface area contributed by atoms with E-state index in [1.165, 1.54) is 0 Å². The minimum atomic E-state index is -0.587. The molecule has 25 heavy (non-hydrogen) atoms. The molecule has 0 saturated heterocycles. The third-order valence-electron chi connectivity index (χ3n) is 3.82. The topological polar surface area (TPSA) is 85.4 Å². The molecule has 0 fully saturated rings. The Hall–Kier alpha value is -2.96. The van der Waals surface area contributed by atoms with Crippen LogP contribution in [0.3, 0.4) is 0 Å². The molecule has 0 N–H and O–H groups in total. The Labute approximate surface area is 145 Å². The monoisotopic (exact) mass is 343 g/mol.